The molecule has 0 amide bonds. The zero-order valence-corrected chi connectivity index (χ0v) is 3.31. The molecule has 0 saturated carbocycles. The molecule has 0 fully saturated rings. The summed E-state index contributed by atoms with van der Waals surface area (Å²) in [7, 11) is 0. The van der Waals surface area contributed by atoms with Gasteiger partial charge in [-0.2, -0.15) is 0 Å². The van der Waals surface area contributed by atoms with Crippen molar-refractivity contribution in [3.63, 3.8) is 0 Å². The van der Waals surface area contributed by atoms with E-state index < -0.39 is 12.8 Å². The maximum atomic E-state index is 7.19. The Morgan fingerprint density at radius 2 is 1.83 bits per heavy atom. The molecular formula is C6H8. The van der Waals surface area contributed by atoms with Gasteiger partial charge < -0.3 is 0 Å². The van der Waals surface area contributed by atoms with Crippen molar-refractivity contribution in [3.8, 4) is 0 Å². The summed E-state index contributed by atoms with van der Waals surface area (Å²) in [6, 6.07) is 0.118. The lowest BCUT2D eigenvalue weighted by molar-refractivity contribution is 1.04. The third-order valence-electron chi connectivity index (χ3n) is 0.554. The zero-order chi connectivity index (χ0) is 7.72. The highest BCUT2D eigenvalue weighted by Crippen LogP contribution is 1.98. The summed E-state index contributed by atoms with van der Waals surface area (Å²) in [5.74, 6) is 0. The highest BCUT2D eigenvalue weighted by atomic mass is 13.8. The van der Waals surface area contributed by atoms with Crippen LogP contribution < -0.4 is 0 Å². The molecule has 2 unspecified atom stereocenters. The summed E-state index contributed by atoms with van der Waals surface area (Å²) in [5.41, 5.74) is 0. The van der Waals surface area contributed by atoms with E-state index in [9.17, 15) is 0 Å². The Morgan fingerprint density at radius 3 is 2.33 bits per heavy atom. The van der Waals surface area contributed by atoms with E-state index in [0.717, 1.165) is 0 Å². The fourth-order valence-corrected chi connectivity index (χ4v) is 0.304. The normalized spacial score (nSPS) is 56.0. The van der Waals surface area contributed by atoms with Crippen molar-refractivity contribution in [2.24, 2.45) is 0 Å². The van der Waals surface area contributed by atoms with Crippen LogP contribution in [0, 0.1) is 0 Å². The van der Waals surface area contributed by atoms with Gasteiger partial charge in [-0.05, 0) is 12.8 Å². The number of rotatable bonds is 0. The molecule has 0 spiro atoms. The van der Waals surface area contributed by atoms with Crippen molar-refractivity contribution in [2.75, 3.05) is 0 Å². The second kappa shape index (κ2) is 1.81. The predicted octanol–water partition coefficient (Wildman–Crippen LogP) is 1.89. The average Bonchev–Trinajstić information content (AvgIpc) is 1.84. The van der Waals surface area contributed by atoms with E-state index in [1.807, 2.05) is 0 Å². The van der Waals surface area contributed by atoms with Gasteiger partial charge >= 0.3 is 0 Å². The Labute approximate surface area is 43.8 Å². The van der Waals surface area contributed by atoms with E-state index in [4.69, 9.17) is 5.48 Å². The first-order valence-electron chi connectivity index (χ1n) is 3.98. The molecule has 0 aromatic heterocycles. The molecule has 0 nitrogen and oxygen atoms in total. The second-order valence-electron chi connectivity index (χ2n) is 1.01. The molecule has 0 saturated heterocycles. The molecule has 0 radical (unpaired) electrons. The Bertz CT molecular complexity index is 172. The predicted molar refractivity (Wildman–Crippen MR) is 27.5 cm³/mol. The quantitative estimate of drug-likeness (QED) is 0.420. The van der Waals surface area contributed by atoms with Crippen molar-refractivity contribution in [2.45, 2.75) is 12.8 Å². The fraction of sp³-hybridized carbons (Fsp3) is 0.333. The van der Waals surface area contributed by atoms with E-state index in [1.54, 1.807) is 0 Å². The number of allylic oxidation sites excluding steroid dienone is 4. The van der Waals surface area contributed by atoms with Crippen molar-refractivity contribution in [1.29, 1.82) is 0 Å². The van der Waals surface area contributed by atoms with Crippen LogP contribution in [-0.2, 0) is 0 Å². The van der Waals surface area contributed by atoms with Gasteiger partial charge in [0.2, 0.25) is 0 Å². The molecule has 1 aliphatic carbocycles. The molecular weight excluding hydrogens is 72.1 g/mol. The van der Waals surface area contributed by atoms with Crippen LogP contribution in [0.15, 0.2) is 24.3 Å². The van der Waals surface area contributed by atoms with Crippen molar-refractivity contribution in [1.82, 2.24) is 0 Å². The SMILES string of the molecule is [2H]C1=CC([2H])C([2H])C=C1[2H]. The van der Waals surface area contributed by atoms with Gasteiger partial charge in [0.1, 0.15) is 0 Å². The van der Waals surface area contributed by atoms with Crippen LogP contribution >= 0.6 is 0 Å². The van der Waals surface area contributed by atoms with Crippen molar-refractivity contribution >= 4 is 0 Å². The van der Waals surface area contributed by atoms with Gasteiger partial charge in [-0.15, -0.1) is 0 Å². The molecule has 0 heteroatoms. The minimum atomic E-state index is -0.665. The van der Waals surface area contributed by atoms with Gasteiger partial charge in [0.05, 0.1) is 2.74 Å². The van der Waals surface area contributed by atoms with E-state index in [0.29, 0.717) is 0 Å². The summed E-state index contributed by atoms with van der Waals surface area (Å²) in [6.45, 7) is 0. The molecule has 0 heterocycles. The molecule has 0 aromatic carbocycles. The molecule has 2 atom stereocenters. The highest BCUT2D eigenvalue weighted by Gasteiger charge is 1.77. The lowest BCUT2D eigenvalue weighted by Gasteiger charge is -1.88. The fourth-order valence-electron chi connectivity index (χ4n) is 0.304. The molecule has 0 aliphatic heterocycles. The Balaban J connectivity index is 2.83. The topological polar surface area (TPSA) is 0 Å². The zero-order valence-electron chi connectivity index (χ0n) is 7.31. The Morgan fingerprint density at radius 1 is 1.33 bits per heavy atom. The molecule has 0 N–H and O–H groups in total. The van der Waals surface area contributed by atoms with E-state index >= 15 is 0 Å². The summed E-state index contributed by atoms with van der Waals surface area (Å²) in [5, 5.41) is 0. The molecule has 0 aromatic rings. The molecule has 0 bridgehead atoms. The van der Waals surface area contributed by atoms with Crippen LogP contribution in [0.25, 0.3) is 0 Å². The smallest absolute Gasteiger partial charge is 0.0619 e. The van der Waals surface area contributed by atoms with Gasteiger partial charge in [-0.3, -0.25) is 0 Å². The highest BCUT2D eigenvalue weighted by molar-refractivity contribution is 5.07. The first-order valence-corrected chi connectivity index (χ1v) is 1.83. The Hall–Kier alpha value is -0.520. The van der Waals surface area contributed by atoms with Crippen molar-refractivity contribution in [3.05, 3.63) is 24.3 Å². The van der Waals surface area contributed by atoms with Crippen LogP contribution in [0.3, 0.4) is 0 Å². The van der Waals surface area contributed by atoms with Gasteiger partial charge in [0, 0.05) is 2.74 Å². The van der Waals surface area contributed by atoms with Gasteiger partial charge in [0.15, 0.2) is 0 Å². The van der Waals surface area contributed by atoms with Crippen LogP contribution in [-0.4, -0.2) is 0 Å². The lowest BCUT2D eigenvalue weighted by atomic mass is 10.2. The molecule has 1 rings (SSSR count). The standard InChI is InChI=1S/C6H8/c1-2-4-6-5-3-1/h1-4H,5-6H2/i1D,2D,5D,6D. The third kappa shape index (κ3) is 0.713. The summed E-state index contributed by atoms with van der Waals surface area (Å²) >= 11 is 0. The van der Waals surface area contributed by atoms with Gasteiger partial charge in [0.25, 0.3) is 0 Å². The minimum Gasteiger partial charge on any atom is -0.0842 e. The van der Waals surface area contributed by atoms with Gasteiger partial charge in [-0.25, -0.2) is 0 Å². The maximum Gasteiger partial charge on any atom is 0.0619 e. The van der Waals surface area contributed by atoms with Crippen molar-refractivity contribution < 1.29 is 5.48 Å². The third-order valence-corrected chi connectivity index (χ3v) is 0.554. The van der Waals surface area contributed by atoms with E-state index in [1.165, 1.54) is 12.2 Å². The van der Waals surface area contributed by atoms with E-state index in [2.05, 4.69) is 0 Å². The summed E-state index contributed by atoms with van der Waals surface area (Å²) < 4.78 is 28.6. The summed E-state index contributed by atoms with van der Waals surface area (Å²) in [4.78, 5) is 0. The van der Waals surface area contributed by atoms with Crippen LogP contribution in [0.4, 0.5) is 0 Å². The minimum absolute atomic E-state index is 0.0588. The largest absolute Gasteiger partial charge is 0.0842 e. The second-order valence-corrected chi connectivity index (χ2v) is 1.01. The van der Waals surface area contributed by atoms with Crippen LogP contribution in [0.5, 0.6) is 0 Å². The summed E-state index contributed by atoms with van der Waals surface area (Å²) in [6.07, 6.45) is 1.31. The Kier molecular flexibility index (Phi) is 0.369. The lowest BCUT2D eigenvalue weighted by Crippen LogP contribution is -1.67. The maximum absolute atomic E-state index is 7.19. The van der Waals surface area contributed by atoms with Gasteiger partial charge in [-0.1, -0.05) is 24.3 Å². The van der Waals surface area contributed by atoms with E-state index in [-0.39, 0.29) is 12.1 Å². The molecule has 1 aliphatic rings. The molecule has 32 valence electrons. The first-order chi connectivity index (χ1) is 4.61. The monoisotopic (exact) mass is 84.1 g/mol. The van der Waals surface area contributed by atoms with Crippen LogP contribution in [0.2, 0.25) is 0 Å². The number of hydrogen-bond donors (Lipinski definition) is 0. The van der Waals surface area contributed by atoms with Crippen LogP contribution in [0.1, 0.15) is 18.3 Å². The first kappa shape index (κ1) is 1.22. The average molecular weight is 84.2 g/mol. The molecule has 6 heavy (non-hydrogen) atoms. The number of hydrogen-bond acceptors (Lipinski definition) is 0.